The molecule has 0 aromatic rings. The smallest absolute Gasteiger partial charge is 0.383 e. The highest BCUT2D eigenvalue weighted by atomic mass is 32.1. The van der Waals surface area contributed by atoms with Gasteiger partial charge in [0.1, 0.15) is 6.54 Å². The van der Waals surface area contributed by atoms with E-state index in [-0.39, 0.29) is 17.2 Å². The largest absolute Gasteiger partial charge is 0.406 e. The Bertz CT molecular complexity index is 246. The number of ether oxygens (including phenoxy) is 1. The number of nitrogens with one attached hydrogen (secondary N) is 1. The van der Waals surface area contributed by atoms with E-state index in [9.17, 15) is 13.2 Å². The van der Waals surface area contributed by atoms with E-state index in [0.29, 0.717) is 6.61 Å². The molecule has 0 aliphatic heterocycles. The van der Waals surface area contributed by atoms with Gasteiger partial charge in [0, 0.05) is 19.2 Å². The van der Waals surface area contributed by atoms with Crippen molar-refractivity contribution < 1.29 is 17.9 Å². The summed E-state index contributed by atoms with van der Waals surface area (Å²) in [6.07, 6.45) is -4.26. The lowest BCUT2D eigenvalue weighted by Crippen LogP contribution is -2.51. The van der Waals surface area contributed by atoms with Crippen molar-refractivity contribution in [2.45, 2.75) is 39.0 Å². The first-order valence-corrected chi connectivity index (χ1v) is 5.71. The van der Waals surface area contributed by atoms with Crippen molar-refractivity contribution in [3.63, 3.8) is 0 Å². The van der Waals surface area contributed by atoms with Gasteiger partial charge >= 0.3 is 6.18 Å². The van der Waals surface area contributed by atoms with Crippen molar-refractivity contribution in [3.05, 3.63) is 0 Å². The summed E-state index contributed by atoms with van der Waals surface area (Å²) in [6.45, 7) is 4.47. The van der Waals surface area contributed by atoms with Crippen LogP contribution in [0.4, 0.5) is 13.2 Å². The SMILES string of the molecule is COCC(C)NC(=S)N(CC(F)(F)F)C(C)C. The van der Waals surface area contributed by atoms with Crippen molar-refractivity contribution in [3.8, 4) is 0 Å². The maximum absolute atomic E-state index is 12.4. The molecule has 102 valence electrons. The van der Waals surface area contributed by atoms with Gasteiger partial charge in [-0.15, -0.1) is 0 Å². The average molecular weight is 272 g/mol. The van der Waals surface area contributed by atoms with Crippen LogP contribution in [0.25, 0.3) is 0 Å². The first-order chi connectivity index (χ1) is 7.67. The number of hydrogen-bond acceptors (Lipinski definition) is 2. The fourth-order valence-corrected chi connectivity index (χ4v) is 1.74. The lowest BCUT2D eigenvalue weighted by molar-refractivity contribution is -0.140. The summed E-state index contributed by atoms with van der Waals surface area (Å²) in [5, 5.41) is 2.92. The number of halogens is 3. The molecular weight excluding hydrogens is 253 g/mol. The molecular formula is C10H19F3N2OS. The lowest BCUT2D eigenvalue weighted by atomic mass is 10.3. The van der Waals surface area contributed by atoms with Crippen molar-refractivity contribution in [1.82, 2.24) is 10.2 Å². The van der Waals surface area contributed by atoms with Crippen LogP contribution in [0, 0.1) is 0 Å². The van der Waals surface area contributed by atoms with Gasteiger partial charge in [-0.2, -0.15) is 13.2 Å². The molecule has 0 radical (unpaired) electrons. The first-order valence-electron chi connectivity index (χ1n) is 5.30. The normalized spacial score (nSPS) is 13.6. The maximum atomic E-state index is 12.4. The third-order valence-electron chi connectivity index (χ3n) is 2.02. The van der Waals surface area contributed by atoms with Crippen molar-refractivity contribution in [2.24, 2.45) is 0 Å². The van der Waals surface area contributed by atoms with E-state index in [1.807, 2.05) is 0 Å². The Balaban J connectivity index is 4.45. The Morgan fingerprint density at radius 3 is 2.24 bits per heavy atom. The molecule has 0 amide bonds. The highest BCUT2D eigenvalue weighted by molar-refractivity contribution is 7.80. The van der Waals surface area contributed by atoms with E-state index < -0.39 is 12.7 Å². The highest BCUT2D eigenvalue weighted by Crippen LogP contribution is 2.18. The predicted octanol–water partition coefficient (Wildman–Crippen LogP) is 2.17. The van der Waals surface area contributed by atoms with Gasteiger partial charge in [0.05, 0.1) is 6.61 Å². The van der Waals surface area contributed by atoms with Crippen LogP contribution in [0.15, 0.2) is 0 Å². The molecule has 0 fully saturated rings. The van der Waals surface area contributed by atoms with Crippen molar-refractivity contribution in [1.29, 1.82) is 0 Å². The third-order valence-corrected chi connectivity index (χ3v) is 2.37. The van der Waals surface area contributed by atoms with Gasteiger partial charge in [-0.3, -0.25) is 0 Å². The van der Waals surface area contributed by atoms with Crippen LogP contribution in [0.1, 0.15) is 20.8 Å². The Morgan fingerprint density at radius 2 is 1.88 bits per heavy atom. The van der Waals surface area contributed by atoms with E-state index in [1.165, 1.54) is 7.11 Å². The number of methoxy groups -OCH3 is 1. The minimum absolute atomic E-state index is 0.0990. The molecule has 1 N–H and O–H groups in total. The molecule has 0 rings (SSSR count). The summed E-state index contributed by atoms with van der Waals surface area (Å²) in [4.78, 5) is 1.11. The summed E-state index contributed by atoms with van der Waals surface area (Å²) in [7, 11) is 1.52. The Morgan fingerprint density at radius 1 is 1.35 bits per heavy atom. The number of rotatable bonds is 5. The van der Waals surface area contributed by atoms with Gasteiger partial charge in [0.25, 0.3) is 0 Å². The molecule has 0 aliphatic carbocycles. The molecule has 0 bridgehead atoms. The van der Waals surface area contributed by atoms with Gasteiger partial charge in [0.15, 0.2) is 5.11 Å². The zero-order valence-electron chi connectivity index (χ0n) is 10.5. The van der Waals surface area contributed by atoms with Crippen LogP contribution in [0.2, 0.25) is 0 Å². The highest BCUT2D eigenvalue weighted by Gasteiger charge is 2.33. The molecule has 0 aromatic heterocycles. The van der Waals surface area contributed by atoms with E-state index in [2.05, 4.69) is 5.32 Å². The van der Waals surface area contributed by atoms with Crippen LogP contribution >= 0.6 is 12.2 Å². The second-order valence-electron chi connectivity index (χ2n) is 4.14. The summed E-state index contributed by atoms with van der Waals surface area (Å²) < 4.78 is 42.0. The van der Waals surface area contributed by atoms with Gasteiger partial charge in [-0.1, -0.05) is 0 Å². The number of thiocarbonyl (C=S) groups is 1. The van der Waals surface area contributed by atoms with Crippen LogP contribution in [0.3, 0.4) is 0 Å². The zero-order valence-corrected chi connectivity index (χ0v) is 11.3. The van der Waals surface area contributed by atoms with Crippen molar-refractivity contribution >= 4 is 17.3 Å². The van der Waals surface area contributed by atoms with Crippen LogP contribution < -0.4 is 5.32 Å². The lowest BCUT2D eigenvalue weighted by Gasteiger charge is -2.31. The monoisotopic (exact) mass is 272 g/mol. The summed E-state index contributed by atoms with van der Waals surface area (Å²) in [6, 6.07) is -0.437. The molecule has 3 nitrogen and oxygen atoms in total. The summed E-state index contributed by atoms with van der Waals surface area (Å²) in [5.41, 5.74) is 0. The molecule has 17 heavy (non-hydrogen) atoms. The molecule has 7 heteroatoms. The molecule has 0 spiro atoms. The zero-order chi connectivity index (χ0) is 13.6. The predicted molar refractivity (Wildman–Crippen MR) is 65.0 cm³/mol. The fraction of sp³-hybridized carbons (Fsp3) is 0.900. The quantitative estimate of drug-likeness (QED) is 0.775. The summed E-state index contributed by atoms with van der Waals surface area (Å²) >= 11 is 4.97. The average Bonchev–Trinajstić information content (AvgIpc) is 2.12. The minimum Gasteiger partial charge on any atom is -0.383 e. The van der Waals surface area contributed by atoms with Crippen LogP contribution in [-0.4, -0.2) is 48.5 Å². The fourth-order valence-electron chi connectivity index (χ4n) is 1.27. The minimum atomic E-state index is -4.26. The Labute approximate surface area is 105 Å². The maximum Gasteiger partial charge on any atom is 0.406 e. The van der Waals surface area contributed by atoms with Gasteiger partial charge in [0.2, 0.25) is 0 Å². The molecule has 0 saturated heterocycles. The first kappa shape index (κ1) is 16.4. The second kappa shape index (κ2) is 7.00. The molecule has 0 heterocycles. The second-order valence-corrected chi connectivity index (χ2v) is 4.53. The topological polar surface area (TPSA) is 24.5 Å². The van der Waals surface area contributed by atoms with Gasteiger partial charge in [-0.25, -0.2) is 0 Å². The van der Waals surface area contributed by atoms with E-state index in [4.69, 9.17) is 17.0 Å². The van der Waals surface area contributed by atoms with E-state index >= 15 is 0 Å². The standard InChI is InChI=1S/C10H19F3N2OS/c1-7(2)15(6-10(11,12)13)9(17)14-8(3)5-16-4/h7-8H,5-6H2,1-4H3,(H,14,17). The van der Waals surface area contributed by atoms with Gasteiger partial charge in [-0.05, 0) is 33.0 Å². The number of alkyl halides is 3. The molecule has 0 saturated carbocycles. The van der Waals surface area contributed by atoms with Crippen molar-refractivity contribution in [2.75, 3.05) is 20.3 Å². The van der Waals surface area contributed by atoms with Crippen LogP contribution in [-0.2, 0) is 4.74 Å². The third kappa shape index (κ3) is 7.38. The Hall–Kier alpha value is -0.560. The van der Waals surface area contributed by atoms with Gasteiger partial charge < -0.3 is 15.0 Å². The molecule has 1 atom stereocenters. The van der Waals surface area contributed by atoms with E-state index in [1.54, 1.807) is 20.8 Å². The molecule has 0 aromatic carbocycles. The molecule has 0 aliphatic rings. The molecule has 1 unspecified atom stereocenters. The Kier molecular flexibility index (Phi) is 6.77. The summed E-state index contributed by atoms with van der Waals surface area (Å²) in [5.74, 6) is 0. The number of hydrogen-bond donors (Lipinski definition) is 1. The number of nitrogens with zero attached hydrogens (tertiary/aromatic N) is 1. The van der Waals surface area contributed by atoms with E-state index in [0.717, 1.165) is 4.90 Å². The van der Waals surface area contributed by atoms with Crippen LogP contribution in [0.5, 0.6) is 0 Å².